The molecule has 0 saturated heterocycles. The van der Waals surface area contributed by atoms with Gasteiger partial charge in [-0.2, -0.15) is 0 Å². The van der Waals surface area contributed by atoms with Crippen molar-refractivity contribution in [2.24, 2.45) is 0 Å². The molecule has 1 aromatic rings. The van der Waals surface area contributed by atoms with Gasteiger partial charge in [0.1, 0.15) is 5.75 Å². The van der Waals surface area contributed by atoms with Crippen LogP contribution in [0.1, 0.15) is 37.3 Å². The minimum Gasteiger partial charge on any atom is -0.497 e. The van der Waals surface area contributed by atoms with E-state index in [1.54, 1.807) is 7.11 Å². The maximum Gasteiger partial charge on any atom is 0.155 e. The Morgan fingerprint density at radius 3 is 2.83 bits per heavy atom. The number of carbonyl (C=O) groups excluding carboxylic acids is 1. The van der Waals surface area contributed by atoms with Crippen LogP contribution in [0.3, 0.4) is 0 Å². The first-order valence-electron chi connectivity index (χ1n) is 6.55. The normalized spacial score (nSPS) is 26.1. The van der Waals surface area contributed by atoms with Gasteiger partial charge in [0, 0.05) is 11.8 Å². The zero-order valence-electron chi connectivity index (χ0n) is 11.0. The molecule has 2 aliphatic carbocycles. The summed E-state index contributed by atoms with van der Waals surface area (Å²) >= 11 is 0. The Labute approximate surface area is 108 Å². The minimum absolute atomic E-state index is 0.0633. The zero-order valence-corrected chi connectivity index (χ0v) is 11.0. The lowest BCUT2D eigenvalue weighted by molar-refractivity contribution is -0.115. The molecule has 0 saturated carbocycles. The number of fused-ring (bicyclic) bond motifs is 3. The third-order valence-electron chi connectivity index (χ3n) is 4.49. The number of methoxy groups -OCH3 is 1. The number of aryl methyl sites for hydroxylation is 1. The van der Waals surface area contributed by atoms with Crippen molar-refractivity contribution in [1.29, 1.82) is 0 Å². The molecular weight excluding hydrogens is 224 g/mol. The van der Waals surface area contributed by atoms with Gasteiger partial charge >= 0.3 is 0 Å². The van der Waals surface area contributed by atoms with Crippen LogP contribution < -0.4 is 4.74 Å². The van der Waals surface area contributed by atoms with E-state index in [1.807, 2.05) is 12.1 Å². The van der Waals surface area contributed by atoms with Gasteiger partial charge in [0.05, 0.1) is 7.11 Å². The molecule has 2 nitrogen and oxygen atoms in total. The zero-order chi connectivity index (χ0) is 12.8. The van der Waals surface area contributed by atoms with Crippen LogP contribution in [-0.2, 0) is 16.6 Å². The molecule has 2 aliphatic rings. The van der Waals surface area contributed by atoms with Gasteiger partial charge in [-0.25, -0.2) is 0 Å². The van der Waals surface area contributed by atoms with Crippen LogP contribution in [-0.4, -0.2) is 12.9 Å². The first kappa shape index (κ1) is 11.5. The molecular formula is C16H18O2. The van der Waals surface area contributed by atoms with Crippen LogP contribution in [0.5, 0.6) is 5.75 Å². The maximum absolute atomic E-state index is 11.6. The first-order valence-corrected chi connectivity index (χ1v) is 6.55. The Bertz CT molecular complexity index is 542. The fourth-order valence-corrected chi connectivity index (χ4v) is 3.33. The van der Waals surface area contributed by atoms with E-state index < -0.39 is 0 Å². The highest BCUT2D eigenvalue weighted by atomic mass is 16.5. The van der Waals surface area contributed by atoms with E-state index in [2.05, 4.69) is 19.1 Å². The first-order chi connectivity index (χ1) is 8.63. The van der Waals surface area contributed by atoms with Crippen LogP contribution in [0.25, 0.3) is 0 Å². The largest absolute Gasteiger partial charge is 0.497 e. The van der Waals surface area contributed by atoms with Gasteiger partial charge in [-0.05, 0) is 48.6 Å². The lowest BCUT2D eigenvalue weighted by Gasteiger charge is -2.41. The fraction of sp³-hybridized carbons (Fsp3) is 0.438. The molecule has 0 spiro atoms. The molecule has 0 radical (unpaired) electrons. The maximum atomic E-state index is 11.6. The number of rotatable bonds is 1. The number of ether oxygens (including phenoxy) is 1. The lowest BCUT2D eigenvalue weighted by atomic mass is 9.63. The van der Waals surface area contributed by atoms with Crippen molar-refractivity contribution in [3.63, 3.8) is 0 Å². The number of hydrogen-bond acceptors (Lipinski definition) is 2. The van der Waals surface area contributed by atoms with E-state index in [0.717, 1.165) is 25.0 Å². The summed E-state index contributed by atoms with van der Waals surface area (Å²) < 4.78 is 5.30. The second-order valence-electron chi connectivity index (χ2n) is 5.49. The Morgan fingerprint density at radius 1 is 1.22 bits per heavy atom. The Morgan fingerprint density at radius 2 is 2.06 bits per heavy atom. The van der Waals surface area contributed by atoms with Gasteiger partial charge < -0.3 is 4.74 Å². The van der Waals surface area contributed by atoms with Crippen LogP contribution >= 0.6 is 0 Å². The van der Waals surface area contributed by atoms with E-state index >= 15 is 0 Å². The third-order valence-corrected chi connectivity index (χ3v) is 4.49. The summed E-state index contributed by atoms with van der Waals surface area (Å²) in [6.45, 7) is 2.27. The molecule has 0 fully saturated rings. The van der Waals surface area contributed by atoms with Gasteiger partial charge in [0.15, 0.2) is 5.78 Å². The number of hydrogen-bond donors (Lipinski definition) is 0. The van der Waals surface area contributed by atoms with E-state index in [4.69, 9.17) is 4.74 Å². The topological polar surface area (TPSA) is 26.3 Å². The third kappa shape index (κ3) is 1.59. The van der Waals surface area contributed by atoms with Crippen molar-refractivity contribution in [2.45, 2.75) is 38.0 Å². The number of allylic oxidation sites excluding steroid dienone is 2. The second kappa shape index (κ2) is 3.98. The number of ketones is 1. The van der Waals surface area contributed by atoms with Gasteiger partial charge in [-0.15, -0.1) is 0 Å². The summed E-state index contributed by atoms with van der Waals surface area (Å²) in [7, 11) is 1.71. The number of benzene rings is 1. The van der Waals surface area contributed by atoms with Crippen molar-refractivity contribution in [1.82, 2.24) is 0 Å². The van der Waals surface area contributed by atoms with Crippen LogP contribution in [0.15, 0.2) is 29.8 Å². The molecule has 0 N–H and O–H groups in total. The molecule has 0 heterocycles. The van der Waals surface area contributed by atoms with E-state index in [1.165, 1.54) is 16.7 Å². The average molecular weight is 242 g/mol. The molecule has 1 aromatic carbocycles. The fourth-order valence-electron chi connectivity index (χ4n) is 3.33. The Kier molecular flexibility index (Phi) is 2.54. The van der Waals surface area contributed by atoms with Gasteiger partial charge in [-0.1, -0.05) is 18.6 Å². The Hall–Kier alpha value is -1.57. The summed E-state index contributed by atoms with van der Waals surface area (Å²) in [6, 6.07) is 6.36. The van der Waals surface area contributed by atoms with Crippen LogP contribution in [0.4, 0.5) is 0 Å². The van der Waals surface area contributed by atoms with E-state index in [0.29, 0.717) is 12.2 Å². The van der Waals surface area contributed by atoms with Crippen molar-refractivity contribution in [3.8, 4) is 5.75 Å². The van der Waals surface area contributed by atoms with E-state index in [-0.39, 0.29) is 5.41 Å². The molecule has 2 heteroatoms. The molecule has 0 aliphatic heterocycles. The van der Waals surface area contributed by atoms with Crippen molar-refractivity contribution >= 4 is 5.78 Å². The molecule has 0 amide bonds. The lowest BCUT2D eigenvalue weighted by Crippen LogP contribution is -2.34. The monoisotopic (exact) mass is 242 g/mol. The van der Waals surface area contributed by atoms with Gasteiger partial charge in [0.25, 0.3) is 0 Å². The highest BCUT2D eigenvalue weighted by molar-refractivity contribution is 5.92. The molecule has 18 heavy (non-hydrogen) atoms. The van der Waals surface area contributed by atoms with Crippen molar-refractivity contribution < 1.29 is 9.53 Å². The molecule has 1 atom stereocenters. The van der Waals surface area contributed by atoms with Crippen molar-refractivity contribution in [3.05, 3.63) is 41.0 Å². The smallest absolute Gasteiger partial charge is 0.155 e. The van der Waals surface area contributed by atoms with Crippen LogP contribution in [0, 0.1) is 0 Å². The summed E-state index contributed by atoms with van der Waals surface area (Å²) in [5.74, 6) is 1.22. The van der Waals surface area contributed by atoms with Gasteiger partial charge in [-0.3, -0.25) is 4.79 Å². The number of carbonyl (C=O) groups is 1. The molecule has 94 valence electrons. The van der Waals surface area contributed by atoms with Gasteiger partial charge in [0.2, 0.25) is 0 Å². The van der Waals surface area contributed by atoms with Crippen molar-refractivity contribution in [2.75, 3.05) is 7.11 Å². The Balaban J connectivity index is 2.12. The predicted octanol–water partition coefficient (Wildman–Crippen LogP) is 3.19. The highest BCUT2D eigenvalue weighted by Gasteiger charge is 2.38. The quantitative estimate of drug-likeness (QED) is 0.756. The molecule has 3 rings (SSSR count). The second-order valence-corrected chi connectivity index (χ2v) is 5.49. The SMILES string of the molecule is COc1ccc2c(c1)CCC1=CC(=O)CC[C@@]12C. The average Bonchev–Trinajstić information content (AvgIpc) is 2.39. The predicted molar refractivity (Wildman–Crippen MR) is 71.0 cm³/mol. The summed E-state index contributed by atoms with van der Waals surface area (Å²) in [6.07, 6.45) is 5.52. The van der Waals surface area contributed by atoms with E-state index in [9.17, 15) is 4.79 Å². The van der Waals surface area contributed by atoms with Crippen LogP contribution in [0.2, 0.25) is 0 Å². The summed E-state index contributed by atoms with van der Waals surface area (Å²) in [5.41, 5.74) is 4.14. The summed E-state index contributed by atoms with van der Waals surface area (Å²) in [4.78, 5) is 11.6. The molecule has 0 bridgehead atoms. The molecule has 0 aromatic heterocycles. The minimum atomic E-state index is 0.0633. The highest BCUT2D eigenvalue weighted by Crippen LogP contribution is 2.47. The standard InChI is InChI=1S/C16H18O2/c1-16-8-7-13(17)10-12(16)4-3-11-9-14(18-2)5-6-15(11)16/h5-6,9-10H,3-4,7-8H2,1-2H3/t16-/m0/s1. The summed E-state index contributed by atoms with van der Waals surface area (Å²) in [5, 5.41) is 0. The molecule has 0 unspecified atom stereocenters.